The van der Waals surface area contributed by atoms with E-state index in [9.17, 15) is 9.59 Å². The molecule has 144 valence electrons. The molecule has 2 aliphatic rings. The van der Waals surface area contributed by atoms with Gasteiger partial charge in [0.25, 0.3) is 11.8 Å². The molecule has 2 aromatic rings. The lowest BCUT2D eigenvalue weighted by Crippen LogP contribution is -2.54. The number of carbonyl (C=O) groups excluding carboxylic acids is 2. The van der Waals surface area contributed by atoms with E-state index in [0.717, 1.165) is 18.7 Å². The molecule has 1 aromatic heterocycles. The minimum atomic E-state index is -0.539. The molecule has 0 unspecified atom stereocenters. The van der Waals surface area contributed by atoms with Gasteiger partial charge in [-0.05, 0) is 43.4 Å². The molecule has 0 radical (unpaired) electrons. The van der Waals surface area contributed by atoms with Crippen molar-refractivity contribution in [3.05, 3.63) is 53.3 Å². The Hall–Kier alpha value is -2.97. The number of nitrogens with zero attached hydrogens (tertiary/aromatic N) is 2. The fourth-order valence-corrected chi connectivity index (χ4v) is 3.38. The molecule has 2 aliphatic heterocycles. The molecule has 28 heavy (non-hydrogen) atoms. The molecular weight excluding hydrogens is 378 g/mol. The van der Waals surface area contributed by atoms with Gasteiger partial charge in [-0.25, -0.2) is 0 Å². The Morgan fingerprint density at radius 2 is 1.79 bits per heavy atom. The van der Waals surface area contributed by atoms with Crippen LogP contribution < -0.4 is 15.1 Å². The Kier molecular flexibility index (Phi) is 4.97. The first-order valence-corrected chi connectivity index (χ1v) is 9.34. The van der Waals surface area contributed by atoms with Crippen molar-refractivity contribution >= 4 is 46.8 Å². The highest BCUT2D eigenvalue weighted by Crippen LogP contribution is 2.25. The summed E-state index contributed by atoms with van der Waals surface area (Å²) in [6.45, 7) is 4.70. The molecule has 4 rings (SSSR count). The maximum Gasteiger partial charge on any atom is 0.270 e. The SMILES string of the molecule is Cc1ccc(N2C(=O)/C(=C/c3ccc(N4CCOCC4)o3)C(=O)NC2=S)cc1. The second-order valence-electron chi connectivity index (χ2n) is 6.57. The summed E-state index contributed by atoms with van der Waals surface area (Å²) in [6.07, 6.45) is 1.45. The first-order valence-electron chi connectivity index (χ1n) is 8.93. The molecule has 0 bridgehead atoms. The molecule has 3 heterocycles. The standard InChI is InChI=1S/C20H19N3O4S/c1-13-2-4-14(5-3-13)23-19(25)16(18(24)21-20(23)28)12-15-6-7-17(27-15)22-8-10-26-11-9-22/h2-7,12H,8-11H2,1H3,(H,21,24,28)/b16-12+. The normalized spacial score (nSPS) is 19.3. The second kappa shape index (κ2) is 7.57. The molecule has 2 saturated heterocycles. The average molecular weight is 397 g/mol. The number of morpholine rings is 1. The van der Waals surface area contributed by atoms with Gasteiger partial charge in [-0.15, -0.1) is 0 Å². The smallest absolute Gasteiger partial charge is 0.270 e. The monoisotopic (exact) mass is 397 g/mol. The number of furan rings is 1. The number of nitrogens with one attached hydrogen (secondary N) is 1. The van der Waals surface area contributed by atoms with Crippen LogP contribution in [0.5, 0.6) is 0 Å². The van der Waals surface area contributed by atoms with Crippen LogP contribution in [-0.4, -0.2) is 43.2 Å². The van der Waals surface area contributed by atoms with Crippen LogP contribution in [0.4, 0.5) is 11.6 Å². The van der Waals surface area contributed by atoms with Crippen LogP contribution >= 0.6 is 12.2 Å². The lowest BCUT2D eigenvalue weighted by Gasteiger charge is -2.28. The third kappa shape index (κ3) is 3.56. The number of rotatable bonds is 3. The summed E-state index contributed by atoms with van der Waals surface area (Å²) in [7, 11) is 0. The highest BCUT2D eigenvalue weighted by Gasteiger charge is 2.34. The zero-order chi connectivity index (χ0) is 19.7. The Morgan fingerprint density at radius 1 is 1.07 bits per heavy atom. The van der Waals surface area contributed by atoms with Crippen molar-refractivity contribution in [1.29, 1.82) is 0 Å². The van der Waals surface area contributed by atoms with Crippen LogP contribution in [-0.2, 0) is 14.3 Å². The summed E-state index contributed by atoms with van der Waals surface area (Å²) in [4.78, 5) is 28.7. The summed E-state index contributed by atoms with van der Waals surface area (Å²) in [5, 5.41) is 2.63. The molecule has 2 amide bonds. The Balaban J connectivity index is 1.61. The maximum atomic E-state index is 13.0. The largest absolute Gasteiger partial charge is 0.441 e. The van der Waals surface area contributed by atoms with Crippen LogP contribution in [0.25, 0.3) is 6.08 Å². The third-order valence-electron chi connectivity index (χ3n) is 4.62. The van der Waals surface area contributed by atoms with Gasteiger partial charge in [0.15, 0.2) is 11.0 Å². The molecule has 2 fully saturated rings. The van der Waals surface area contributed by atoms with Crippen molar-refractivity contribution in [3.63, 3.8) is 0 Å². The van der Waals surface area contributed by atoms with Gasteiger partial charge < -0.3 is 14.1 Å². The highest BCUT2D eigenvalue weighted by atomic mass is 32.1. The van der Waals surface area contributed by atoms with Crippen LogP contribution in [0.1, 0.15) is 11.3 Å². The van der Waals surface area contributed by atoms with Gasteiger partial charge in [0.2, 0.25) is 0 Å². The van der Waals surface area contributed by atoms with E-state index in [2.05, 4.69) is 10.2 Å². The summed E-state index contributed by atoms with van der Waals surface area (Å²) >= 11 is 5.21. The van der Waals surface area contributed by atoms with Crippen molar-refractivity contribution in [2.75, 3.05) is 36.1 Å². The molecule has 1 N–H and O–H groups in total. The van der Waals surface area contributed by atoms with Crippen molar-refractivity contribution in [3.8, 4) is 0 Å². The van der Waals surface area contributed by atoms with Gasteiger partial charge in [-0.2, -0.15) is 0 Å². The number of amides is 2. The van der Waals surface area contributed by atoms with Crippen molar-refractivity contribution in [2.45, 2.75) is 6.92 Å². The maximum absolute atomic E-state index is 13.0. The lowest BCUT2D eigenvalue weighted by atomic mass is 10.1. The Bertz CT molecular complexity index is 958. The quantitative estimate of drug-likeness (QED) is 0.487. The Morgan fingerprint density at radius 3 is 2.50 bits per heavy atom. The van der Waals surface area contributed by atoms with Gasteiger partial charge in [0, 0.05) is 19.2 Å². The zero-order valence-electron chi connectivity index (χ0n) is 15.3. The van der Waals surface area contributed by atoms with Crippen molar-refractivity contribution in [2.24, 2.45) is 0 Å². The van der Waals surface area contributed by atoms with Crippen LogP contribution in [0.2, 0.25) is 0 Å². The predicted molar refractivity (Wildman–Crippen MR) is 109 cm³/mol. The number of benzene rings is 1. The number of ether oxygens (including phenoxy) is 1. The third-order valence-corrected chi connectivity index (χ3v) is 4.90. The van der Waals surface area contributed by atoms with Crippen molar-refractivity contribution < 1.29 is 18.7 Å². The van der Waals surface area contributed by atoms with E-state index in [1.54, 1.807) is 18.2 Å². The van der Waals surface area contributed by atoms with Gasteiger partial charge in [0.1, 0.15) is 11.3 Å². The fourth-order valence-electron chi connectivity index (χ4n) is 3.10. The van der Waals surface area contributed by atoms with Crippen LogP contribution in [0.3, 0.4) is 0 Å². The number of aryl methyl sites for hydroxylation is 1. The van der Waals surface area contributed by atoms with E-state index in [4.69, 9.17) is 21.4 Å². The van der Waals surface area contributed by atoms with Gasteiger partial charge in [-0.1, -0.05) is 17.7 Å². The minimum Gasteiger partial charge on any atom is -0.441 e. The van der Waals surface area contributed by atoms with E-state index in [1.165, 1.54) is 11.0 Å². The number of anilines is 2. The molecule has 1 aromatic carbocycles. The number of thiocarbonyl (C=S) groups is 1. The molecule has 0 spiro atoms. The number of hydrogen-bond donors (Lipinski definition) is 1. The van der Waals surface area contributed by atoms with E-state index in [0.29, 0.717) is 30.5 Å². The summed E-state index contributed by atoms with van der Waals surface area (Å²) in [6, 6.07) is 10.9. The first-order chi connectivity index (χ1) is 13.5. The average Bonchev–Trinajstić information content (AvgIpc) is 3.16. The molecule has 7 nitrogen and oxygen atoms in total. The lowest BCUT2D eigenvalue weighted by molar-refractivity contribution is -0.122. The zero-order valence-corrected chi connectivity index (χ0v) is 16.1. The topological polar surface area (TPSA) is 75.0 Å². The number of hydrogen-bond acceptors (Lipinski definition) is 6. The van der Waals surface area contributed by atoms with E-state index in [-0.39, 0.29) is 10.7 Å². The molecule has 0 saturated carbocycles. The first kappa shape index (κ1) is 18.4. The molecular formula is C20H19N3O4S. The summed E-state index contributed by atoms with van der Waals surface area (Å²) in [5.41, 5.74) is 1.63. The van der Waals surface area contributed by atoms with E-state index >= 15 is 0 Å². The second-order valence-corrected chi connectivity index (χ2v) is 6.96. The molecule has 0 aliphatic carbocycles. The van der Waals surface area contributed by atoms with Gasteiger partial charge >= 0.3 is 0 Å². The summed E-state index contributed by atoms with van der Waals surface area (Å²) in [5.74, 6) is 0.0889. The molecule has 0 atom stereocenters. The number of carbonyl (C=O) groups is 2. The summed E-state index contributed by atoms with van der Waals surface area (Å²) < 4.78 is 11.2. The van der Waals surface area contributed by atoms with Gasteiger partial charge in [0.05, 0.1) is 18.9 Å². The van der Waals surface area contributed by atoms with E-state index in [1.807, 2.05) is 25.1 Å². The molecule has 8 heteroatoms. The van der Waals surface area contributed by atoms with E-state index < -0.39 is 11.8 Å². The fraction of sp³-hybridized carbons (Fsp3) is 0.250. The predicted octanol–water partition coefficient (Wildman–Crippen LogP) is 2.26. The van der Waals surface area contributed by atoms with Crippen LogP contribution in [0, 0.1) is 6.92 Å². The van der Waals surface area contributed by atoms with Gasteiger partial charge in [-0.3, -0.25) is 19.8 Å². The van der Waals surface area contributed by atoms with Crippen molar-refractivity contribution in [1.82, 2.24) is 5.32 Å². The Labute approximate surface area is 167 Å². The van der Waals surface area contributed by atoms with Crippen LogP contribution in [0.15, 0.2) is 46.4 Å². The minimum absolute atomic E-state index is 0.0305. The highest BCUT2D eigenvalue weighted by molar-refractivity contribution is 7.80.